The third-order valence-corrected chi connectivity index (χ3v) is 6.66. The molecule has 3 heterocycles. The lowest BCUT2D eigenvalue weighted by molar-refractivity contribution is 0.0624. The summed E-state index contributed by atoms with van der Waals surface area (Å²) in [5.41, 5.74) is 2.00. The summed E-state index contributed by atoms with van der Waals surface area (Å²) in [4.78, 5) is 34.1. The Labute approximate surface area is 194 Å². The van der Waals surface area contributed by atoms with Gasteiger partial charge in [0.15, 0.2) is 0 Å². The summed E-state index contributed by atoms with van der Waals surface area (Å²) in [5, 5.41) is 3.85. The molecule has 0 unspecified atom stereocenters. The van der Waals surface area contributed by atoms with Gasteiger partial charge in [-0.2, -0.15) is 0 Å². The van der Waals surface area contributed by atoms with Gasteiger partial charge in [0.05, 0.1) is 19.3 Å². The highest BCUT2D eigenvalue weighted by molar-refractivity contribution is 7.09. The van der Waals surface area contributed by atoms with Crippen molar-refractivity contribution in [3.05, 3.63) is 81.0 Å². The number of rotatable bonds is 5. The maximum absolute atomic E-state index is 13.0. The largest absolute Gasteiger partial charge is 0.497 e. The van der Waals surface area contributed by atoms with Gasteiger partial charge in [-0.25, -0.2) is 9.78 Å². The quantitative estimate of drug-likeness (QED) is 0.420. The predicted octanol–water partition coefficient (Wildman–Crippen LogP) is 3.88. The molecule has 33 heavy (non-hydrogen) atoms. The van der Waals surface area contributed by atoms with Gasteiger partial charge in [-0.3, -0.25) is 9.69 Å². The number of hydrogen-bond acceptors (Lipinski definition) is 7. The lowest BCUT2D eigenvalue weighted by atomic mass is 10.1. The van der Waals surface area contributed by atoms with Crippen LogP contribution in [0.4, 0.5) is 0 Å². The minimum absolute atomic E-state index is 0.0891. The average molecular weight is 462 g/mol. The molecule has 0 bridgehead atoms. The molecular weight excluding hydrogens is 438 g/mol. The summed E-state index contributed by atoms with van der Waals surface area (Å²) in [6.07, 6.45) is 0. The average Bonchev–Trinajstić information content (AvgIpc) is 3.32. The van der Waals surface area contributed by atoms with Gasteiger partial charge in [-0.05, 0) is 36.4 Å². The second-order valence-electron chi connectivity index (χ2n) is 7.91. The normalized spacial score (nSPS) is 14.5. The lowest BCUT2D eigenvalue weighted by Gasteiger charge is -2.34. The van der Waals surface area contributed by atoms with Crippen LogP contribution in [0.2, 0.25) is 0 Å². The summed E-state index contributed by atoms with van der Waals surface area (Å²) >= 11 is 1.64. The van der Waals surface area contributed by atoms with Gasteiger partial charge < -0.3 is 14.1 Å². The molecule has 168 valence electrons. The number of fused-ring (bicyclic) bond motifs is 1. The molecule has 0 atom stereocenters. The zero-order chi connectivity index (χ0) is 22.8. The number of carbonyl (C=O) groups excluding carboxylic acids is 1. The minimum Gasteiger partial charge on any atom is -0.497 e. The van der Waals surface area contributed by atoms with E-state index in [-0.39, 0.29) is 11.5 Å². The van der Waals surface area contributed by atoms with Crippen molar-refractivity contribution in [2.24, 2.45) is 0 Å². The zero-order valence-electron chi connectivity index (χ0n) is 18.2. The molecule has 1 aliphatic heterocycles. The number of nitrogens with zero attached hydrogens (tertiary/aromatic N) is 3. The Morgan fingerprint density at radius 3 is 2.61 bits per heavy atom. The first-order chi connectivity index (χ1) is 16.1. The molecule has 8 heteroatoms. The maximum atomic E-state index is 13.0. The predicted molar refractivity (Wildman–Crippen MR) is 128 cm³/mol. The smallest absolute Gasteiger partial charge is 0.349 e. The Balaban J connectivity index is 1.21. The summed E-state index contributed by atoms with van der Waals surface area (Å²) in [6, 6.07) is 16.7. The summed E-state index contributed by atoms with van der Waals surface area (Å²) < 4.78 is 10.5. The number of methoxy groups -OCH3 is 1. The topological polar surface area (TPSA) is 75.9 Å². The lowest BCUT2D eigenvalue weighted by Crippen LogP contribution is -2.49. The van der Waals surface area contributed by atoms with Crippen LogP contribution in [0.3, 0.4) is 0 Å². The molecule has 1 saturated heterocycles. The van der Waals surface area contributed by atoms with Gasteiger partial charge in [0, 0.05) is 42.5 Å². The first-order valence-corrected chi connectivity index (χ1v) is 11.6. The second-order valence-corrected chi connectivity index (χ2v) is 8.85. The molecule has 1 amide bonds. The van der Waals surface area contributed by atoms with E-state index in [0.717, 1.165) is 47.0 Å². The van der Waals surface area contributed by atoms with Crippen molar-refractivity contribution in [2.75, 3.05) is 33.3 Å². The van der Waals surface area contributed by atoms with Crippen molar-refractivity contribution in [2.45, 2.75) is 6.54 Å². The standard InChI is InChI=1S/C25H23N3O4S/c1-31-19-8-6-17(7-9-19)21-16-33-23(26-21)15-27-10-12-28(13-11-27)24(29)20-14-18-4-2-3-5-22(18)32-25(20)30/h2-9,14,16H,10-13,15H2,1H3. The maximum Gasteiger partial charge on any atom is 0.349 e. The number of para-hydroxylation sites is 1. The second kappa shape index (κ2) is 9.17. The third kappa shape index (κ3) is 4.53. The minimum atomic E-state index is -0.588. The number of ether oxygens (including phenoxy) is 1. The van der Waals surface area contributed by atoms with Crippen LogP contribution in [0.15, 0.2) is 69.2 Å². The molecule has 1 fully saturated rings. The van der Waals surface area contributed by atoms with Gasteiger partial charge in [-0.1, -0.05) is 18.2 Å². The molecule has 0 spiro atoms. The van der Waals surface area contributed by atoms with E-state index in [4.69, 9.17) is 14.1 Å². The van der Waals surface area contributed by atoms with E-state index in [2.05, 4.69) is 10.3 Å². The molecule has 0 aliphatic carbocycles. The van der Waals surface area contributed by atoms with E-state index in [0.29, 0.717) is 18.7 Å². The van der Waals surface area contributed by atoms with E-state index in [9.17, 15) is 9.59 Å². The highest BCUT2D eigenvalue weighted by Gasteiger charge is 2.25. The van der Waals surface area contributed by atoms with E-state index >= 15 is 0 Å². The fraction of sp³-hybridized carbons (Fsp3) is 0.240. The van der Waals surface area contributed by atoms with Gasteiger partial charge in [0.1, 0.15) is 21.9 Å². The van der Waals surface area contributed by atoms with Crippen LogP contribution in [-0.4, -0.2) is 54.0 Å². The number of thiazole rings is 1. The van der Waals surface area contributed by atoms with Crippen LogP contribution in [0.1, 0.15) is 15.4 Å². The van der Waals surface area contributed by atoms with Crippen molar-refractivity contribution in [3.63, 3.8) is 0 Å². The van der Waals surface area contributed by atoms with Crippen LogP contribution < -0.4 is 10.4 Å². The molecule has 4 aromatic rings. The summed E-state index contributed by atoms with van der Waals surface area (Å²) in [5.74, 6) is 0.549. The Bertz CT molecular complexity index is 1340. The molecule has 2 aromatic heterocycles. The zero-order valence-corrected chi connectivity index (χ0v) is 19.0. The fourth-order valence-electron chi connectivity index (χ4n) is 3.96. The molecule has 7 nitrogen and oxygen atoms in total. The Morgan fingerprint density at radius 2 is 1.85 bits per heavy atom. The number of hydrogen-bond donors (Lipinski definition) is 0. The molecule has 5 rings (SSSR count). The van der Waals surface area contributed by atoms with Crippen LogP contribution in [0, 0.1) is 0 Å². The Morgan fingerprint density at radius 1 is 1.09 bits per heavy atom. The fourth-order valence-corrected chi connectivity index (χ4v) is 4.80. The number of piperazine rings is 1. The van der Waals surface area contributed by atoms with Gasteiger partial charge in [-0.15, -0.1) is 11.3 Å². The van der Waals surface area contributed by atoms with Crippen molar-refractivity contribution in [3.8, 4) is 17.0 Å². The molecule has 2 aromatic carbocycles. The Hall–Kier alpha value is -3.49. The van der Waals surface area contributed by atoms with Crippen LogP contribution in [0.25, 0.3) is 22.2 Å². The van der Waals surface area contributed by atoms with Crippen molar-refractivity contribution in [1.82, 2.24) is 14.8 Å². The molecular formula is C25H23N3O4S. The van der Waals surface area contributed by atoms with Crippen molar-refractivity contribution >= 4 is 28.2 Å². The highest BCUT2D eigenvalue weighted by atomic mass is 32.1. The van der Waals surface area contributed by atoms with Gasteiger partial charge in [0.25, 0.3) is 5.91 Å². The van der Waals surface area contributed by atoms with Crippen molar-refractivity contribution < 1.29 is 13.9 Å². The molecule has 0 radical (unpaired) electrons. The summed E-state index contributed by atoms with van der Waals surface area (Å²) in [6.45, 7) is 3.30. The van der Waals surface area contributed by atoms with E-state index < -0.39 is 5.63 Å². The van der Waals surface area contributed by atoms with E-state index in [1.165, 1.54) is 0 Å². The number of carbonyl (C=O) groups is 1. The Kier molecular flexibility index (Phi) is 5.93. The number of benzene rings is 2. The van der Waals surface area contributed by atoms with Gasteiger partial charge in [0.2, 0.25) is 0 Å². The molecule has 0 N–H and O–H groups in total. The van der Waals surface area contributed by atoms with E-state index in [1.807, 2.05) is 36.4 Å². The highest BCUT2D eigenvalue weighted by Crippen LogP contribution is 2.25. The van der Waals surface area contributed by atoms with Gasteiger partial charge >= 0.3 is 5.63 Å². The first-order valence-electron chi connectivity index (χ1n) is 10.7. The monoisotopic (exact) mass is 461 g/mol. The number of aromatic nitrogens is 1. The van der Waals surface area contributed by atoms with Crippen LogP contribution >= 0.6 is 11.3 Å². The number of amides is 1. The van der Waals surface area contributed by atoms with Crippen molar-refractivity contribution in [1.29, 1.82) is 0 Å². The summed E-state index contributed by atoms with van der Waals surface area (Å²) in [7, 11) is 1.65. The first kappa shape index (κ1) is 21.4. The molecule has 1 aliphatic rings. The third-order valence-electron chi connectivity index (χ3n) is 5.83. The van der Waals surface area contributed by atoms with Crippen LogP contribution in [0.5, 0.6) is 5.75 Å². The van der Waals surface area contributed by atoms with Crippen LogP contribution in [-0.2, 0) is 6.54 Å². The van der Waals surface area contributed by atoms with E-state index in [1.54, 1.807) is 41.5 Å². The SMILES string of the molecule is COc1ccc(-c2csc(CN3CCN(C(=O)c4cc5ccccc5oc4=O)CC3)n2)cc1. The molecule has 0 saturated carbocycles.